The minimum absolute atomic E-state index is 1.20. The highest BCUT2D eigenvalue weighted by Gasteiger charge is 2.22. The van der Waals surface area contributed by atoms with E-state index in [9.17, 15) is 0 Å². The molecule has 3 aromatic heterocycles. The zero-order chi connectivity index (χ0) is 19.4. The smallest absolute Gasteiger partial charge is 0.0628 e. The molecule has 0 aliphatic rings. The van der Waals surface area contributed by atoms with Crippen LogP contribution in [0.3, 0.4) is 0 Å². The second-order valence-corrected chi connectivity index (χ2v) is 8.28. The fourth-order valence-electron chi connectivity index (χ4n) is 5.65. The minimum Gasteiger partial charge on any atom is -0.354 e. The molecule has 0 saturated carbocycles. The zero-order valence-electron chi connectivity index (χ0n) is 16.1. The highest BCUT2D eigenvalue weighted by atomic mass is 14.9. The first-order valence-corrected chi connectivity index (χ1v) is 10.4. The molecule has 0 unspecified atom stereocenters. The van der Waals surface area contributed by atoms with Crippen molar-refractivity contribution in [1.82, 2.24) is 9.38 Å². The van der Waals surface area contributed by atoms with Gasteiger partial charge >= 0.3 is 0 Å². The third-order valence-electron chi connectivity index (χ3n) is 6.82. The van der Waals surface area contributed by atoms with Crippen LogP contribution >= 0.6 is 0 Å². The number of nitrogens with zero attached hydrogens (tertiary/aromatic N) is 1. The lowest BCUT2D eigenvalue weighted by Crippen LogP contribution is -1.82. The van der Waals surface area contributed by atoms with E-state index in [0.29, 0.717) is 0 Å². The summed E-state index contributed by atoms with van der Waals surface area (Å²) in [7, 11) is 0. The number of nitrogens with one attached hydrogen (secondary N) is 1. The van der Waals surface area contributed by atoms with Crippen molar-refractivity contribution in [3.05, 3.63) is 91.0 Å². The second-order valence-electron chi connectivity index (χ2n) is 8.28. The van der Waals surface area contributed by atoms with Crippen molar-refractivity contribution < 1.29 is 0 Å². The van der Waals surface area contributed by atoms with Crippen molar-refractivity contribution in [1.29, 1.82) is 0 Å². The molecule has 2 nitrogen and oxygen atoms in total. The molecule has 0 aliphatic heterocycles. The highest BCUT2D eigenvalue weighted by Crippen LogP contribution is 2.46. The molecular formula is C28H16N2. The van der Waals surface area contributed by atoms with E-state index in [1.165, 1.54) is 70.7 Å². The van der Waals surface area contributed by atoms with Gasteiger partial charge in [-0.15, -0.1) is 0 Å². The van der Waals surface area contributed by atoms with Gasteiger partial charge in [0.15, 0.2) is 0 Å². The Hall–Kier alpha value is -4.04. The van der Waals surface area contributed by atoms with E-state index in [1.807, 2.05) is 0 Å². The van der Waals surface area contributed by atoms with Crippen LogP contribution in [-0.2, 0) is 0 Å². The summed E-state index contributed by atoms with van der Waals surface area (Å²) in [6.07, 6.45) is 0. The molecule has 0 saturated heterocycles. The molecule has 0 amide bonds. The molecule has 138 valence electrons. The summed E-state index contributed by atoms with van der Waals surface area (Å²) in [5.41, 5.74) is 6.33. The maximum atomic E-state index is 3.68. The van der Waals surface area contributed by atoms with Crippen LogP contribution in [0.2, 0.25) is 0 Å². The summed E-state index contributed by atoms with van der Waals surface area (Å²) >= 11 is 0. The molecule has 8 aromatic rings. The number of H-pyrrole nitrogens is 1. The van der Waals surface area contributed by atoms with Gasteiger partial charge in [-0.3, -0.25) is 0 Å². The van der Waals surface area contributed by atoms with Crippen LogP contribution in [0.4, 0.5) is 0 Å². The van der Waals surface area contributed by atoms with Crippen molar-refractivity contribution in [2.75, 3.05) is 0 Å². The van der Waals surface area contributed by atoms with Crippen molar-refractivity contribution in [2.45, 2.75) is 0 Å². The Morgan fingerprint density at radius 3 is 2.20 bits per heavy atom. The van der Waals surface area contributed by atoms with Gasteiger partial charge in [0, 0.05) is 48.7 Å². The second kappa shape index (κ2) is 4.92. The largest absolute Gasteiger partial charge is 0.354 e. The number of aromatic amines is 1. The van der Waals surface area contributed by atoms with Crippen molar-refractivity contribution >= 4 is 70.7 Å². The molecule has 8 rings (SSSR count). The number of hydrogen-bond acceptors (Lipinski definition) is 0. The van der Waals surface area contributed by atoms with Gasteiger partial charge in [-0.05, 0) is 23.6 Å². The SMILES string of the molecule is c1ccc2c(c1)ccc1c3cc4[nH]c5ccccc5c4c4c5ccccc5n(c21)c34. The molecule has 2 heteroatoms. The van der Waals surface area contributed by atoms with Crippen LogP contribution in [-0.4, -0.2) is 9.38 Å². The molecule has 0 atom stereocenters. The third kappa shape index (κ3) is 1.56. The predicted molar refractivity (Wildman–Crippen MR) is 128 cm³/mol. The van der Waals surface area contributed by atoms with Gasteiger partial charge in [0.05, 0.1) is 16.6 Å². The first-order chi connectivity index (χ1) is 14.9. The summed E-state index contributed by atoms with van der Waals surface area (Å²) in [5, 5.41) is 10.5. The third-order valence-corrected chi connectivity index (χ3v) is 6.82. The van der Waals surface area contributed by atoms with Crippen LogP contribution in [0, 0.1) is 0 Å². The molecule has 1 N–H and O–H groups in total. The molecule has 5 aromatic carbocycles. The molecular weight excluding hydrogens is 364 g/mol. The van der Waals surface area contributed by atoms with Gasteiger partial charge in [-0.2, -0.15) is 0 Å². The Balaban J connectivity index is 1.82. The van der Waals surface area contributed by atoms with E-state index in [4.69, 9.17) is 0 Å². The van der Waals surface area contributed by atoms with Gasteiger partial charge in [-0.25, -0.2) is 0 Å². The quantitative estimate of drug-likeness (QED) is 0.279. The van der Waals surface area contributed by atoms with Crippen LogP contribution in [0.1, 0.15) is 0 Å². The molecule has 0 aliphatic carbocycles. The summed E-state index contributed by atoms with van der Waals surface area (Å²) in [4.78, 5) is 3.68. The minimum atomic E-state index is 1.20. The van der Waals surface area contributed by atoms with E-state index in [0.717, 1.165) is 0 Å². The fraction of sp³-hybridized carbons (Fsp3) is 0. The van der Waals surface area contributed by atoms with Gasteiger partial charge in [0.25, 0.3) is 0 Å². The number of rotatable bonds is 0. The maximum Gasteiger partial charge on any atom is 0.0628 e. The molecule has 0 spiro atoms. The lowest BCUT2D eigenvalue weighted by Gasteiger charge is -2.03. The van der Waals surface area contributed by atoms with Crippen molar-refractivity contribution in [3.8, 4) is 0 Å². The lowest BCUT2D eigenvalue weighted by molar-refractivity contribution is 1.38. The average molecular weight is 380 g/mol. The number of fused-ring (bicyclic) bond motifs is 12. The number of aromatic nitrogens is 2. The lowest BCUT2D eigenvalue weighted by atomic mass is 10.0. The molecule has 0 radical (unpaired) electrons. The average Bonchev–Trinajstić information content (AvgIpc) is 3.44. The van der Waals surface area contributed by atoms with Gasteiger partial charge < -0.3 is 9.38 Å². The number of hydrogen-bond donors (Lipinski definition) is 1. The molecule has 0 bridgehead atoms. The first kappa shape index (κ1) is 14.9. The van der Waals surface area contributed by atoms with Gasteiger partial charge in [-0.1, -0.05) is 72.8 Å². The van der Waals surface area contributed by atoms with Crippen LogP contribution in [0.15, 0.2) is 91.0 Å². The van der Waals surface area contributed by atoms with E-state index >= 15 is 0 Å². The Bertz CT molecular complexity index is 1940. The summed E-state index contributed by atoms with van der Waals surface area (Å²) < 4.78 is 2.50. The van der Waals surface area contributed by atoms with Crippen LogP contribution in [0.25, 0.3) is 70.7 Å². The Morgan fingerprint density at radius 1 is 0.500 bits per heavy atom. The van der Waals surface area contributed by atoms with E-state index in [2.05, 4.69) is 100 Å². The molecule has 30 heavy (non-hydrogen) atoms. The van der Waals surface area contributed by atoms with E-state index in [1.54, 1.807) is 0 Å². The first-order valence-electron chi connectivity index (χ1n) is 10.4. The van der Waals surface area contributed by atoms with Crippen LogP contribution < -0.4 is 0 Å². The van der Waals surface area contributed by atoms with Crippen molar-refractivity contribution in [2.24, 2.45) is 0 Å². The fourth-order valence-corrected chi connectivity index (χ4v) is 5.65. The Morgan fingerprint density at radius 2 is 1.27 bits per heavy atom. The summed E-state index contributed by atoms with van der Waals surface area (Å²) in [6, 6.07) is 33.1. The molecule has 0 fully saturated rings. The van der Waals surface area contributed by atoms with Crippen molar-refractivity contribution in [3.63, 3.8) is 0 Å². The summed E-state index contributed by atoms with van der Waals surface area (Å²) in [5.74, 6) is 0. The standard InChI is InChI=1S/C28H16N2/c1-2-8-17-16(7-1)13-14-18-21-15-23-25(19-9-3-5-11-22(19)29-23)26-20-10-4-6-12-24(20)30(27(17)18)28(21)26/h1-15,29H. The Labute approximate surface area is 171 Å². The number of para-hydroxylation sites is 2. The van der Waals surface area contributed by atoms with Gasteiger partial charge in [0.1, 0.15) is 0 Å². The molecule has 3 heterocycles. The van der Waals surface area contributed by atoms with E-state index in [-0.39, 0.29) is 0 Å². The zero-order valence-corrected chi connectivity index (χ0v) is 16.1. The monoisotopic (exact) mass is 380 g/mol. The highest BCUT2D eigenvalue weighted by molar-refractivity contribution is 6.36. The number of benzene rings is 5. The topological polar surface area (TPSA) is 20.2 Å². The van der Waals surface area contributed by atoms with E-state index < -0.39 is 0 Å². The van der Waals surface area contributed by atoms with Gasteiger partial charge in [0.2, 0.25) is 0 Å². The normalized spacial score (nSPS) is 12.7. The Kier molecular flexibility index (Phi) is 2.44. The van der Waals surface area contributed by atoms with Crippen LogP contribution in [0.5, 0.6) is 0 Å². The predicted octanol–water partition coefficient (Wildman–Crippen LogP) is 7.62. The summed E-state index contributed by atoms with van der Waals surface area (Å²) in [6.45, 7) is 0. The maximum absolute atomic E-state index is 3.68.